The van der Waals surface area contributed by atoms with Crippen molar-refractivity contribution in [3.05, 3.63) is 0 Å². The number of esters is 1. The number of aliphatic carboxylic acids is 1. The van der Waals surface area contributed by atoms with E-state index in [0.29, 0.717) is 6.42 Å². The van der Waals surface area contributed by atoms with Gasteiger partial charge < -0.3 is 26.0 Å². The van der Waals surface area contributed by atoms with Crippen molar-refractivity contribution in [3.63, 3.8) is 0 Å². The average molecular weight is 276 g/mol. The van der Waals surface area contributed by atoms with Crippen molar-refractivity contribution < 1.29 is 29.3 Å². The van der Waals surface area contributed by atoms with Crippen molar-refractivity contribution >= 4 is 17.8 Å². The topological polar surface area (TPSA) is 139 Å². The molecular formula is C11H20N2O6. The van der Waals surface area contributed by atoms with E-state index in [-0.39, 0.29) is 6.61 Å². The number of rotatable bonds is 8. The second kappa shape index (κ2) is 8.44. The van der Waals surface area contributed by atoms with Gasteiger partial charge in [0.25, 0.3) is 0 Å². The van der Waals surface area contributed by atoms with Crippen LogP contribution in [0.1, 0.15) is 26.7 Å². The standard InChI is InChI=1S/C11H20N2O6/c1-3-4-19-11(18)9(6(2)14)13-10(17)7(12)5-8(15)16/h6-7,9,14H,3-5,12H2,1-2H3,(H,13,17)(H,15,16)/t6-,7-,9-/m0/s1. The van der Waals surface area contributed by atoms with Gasteiger partial charge in [-0.2, -0.15) is 0 Å². The highest BCUT2D eigenvalue weighted by atomic mass is 16.5. The molecule has 0 saturated heterocycles. The van der Waals surface area contributed by atoms with Crippen molar-refractivity contribution in [3.8, 4) is 0 Å². The minimum Gasteiger partial charge on any atom is -0.481 e. The smallest absolute Gasteiger partial charge is 0.331 e. The molecule has 1 amide bonds. The van der Waals surface area contributed by atoms with Gasteiger partial charge in [-0.1, -0.05) is 6.92 Å². The normalized spacial score (nSPS) is 15.2. The van der Waals surface area contributed by atoms with Gasteiger partial charge in [-0.25, -0.2) is 4.79 Å². The Labute approximate surface area is 110 Å². The molecule has 5 N–H and O–H groups in total. The van der Waals surface area contributed by atoms with E-state index in [1.165, 1.54) is 6.92 Å². The molecule has 0 heterocycles. The van der Waals surface area contributed by atoms with Crippen LogP contribution in [0.5, 0.6) is 0 Å². The van der Waals surface area contributed by atoms with Gasteiger partial charge >= 0.3 is 11.9 Å². The first-order valence-electron chi connectivity index (χ1n) is 5.92. The maximum Gasteiger partial charge on any atom is 0.331 e. The molecule has 0 aliphatic rings. The lowest BCUT2D eigenvalue weighted by molar-refractivity contribution is -0.151. The lowest BCUT2D eigenvalue weighted by atomic mass is 10.1. The monoisotopic (exact) mass is 276 g/mol. The maximum atomic E-state index is 11.6. The Morgan fingerprint density at radius 2 is 1.95 bits per heavy atom. The lowest BCUT2D eigenvalue weighted by Gasteiger charge is -2.21. The Hall–Kier alpha value is -1.67. The Kier molecular flexibility index (Phi) is 7.69. The number of carboxylic acid groups (broad SMARTS) is 1. The molecule has 0 aromatic heterocycles. The van der Waals surface area contributed by atoms with Gasteiger partial charge in [0.05, 0.1) is 25.2 Å². The quantitative estimate of drug-likeness (QED) is 0.400. The molecule has 110 valence electrons. The van der Waals surface area contributed by atoms with E-state index in [2.05, 4.69) is 5.32 Å². The molecule has 0 bridgehead atoms. The van der Waals surface area contributed by atoms with Crippen LogP contribution >= 0.6 is 0 Å². The predicted molar refractivity (Wildman–Crippen MR) is 65.1 cm³/mol. The van der Waals surface area contributed by atoms with E-state index in [0.717, 1.165) is 0 Å². The van der Waals surface area contributed by atoms with E-state index in [9.17, 15) is 19.5 Å². The van der Waals surface area contributed by atoms with Gasteiger partial charge in [0.1, 0.15) is 0 Å². The number of hydrogen-bond acceptors (Lipinski definition) is 6. The van der Waals surface area contributed by atoms with E-state index < -0.39 is 42.5 Å². The van der Waals surface area contributed by atoms with Gasteiger partial charge in [0, 0.05) is 0 Å². The molecule has 0 aliphatic heterocycles. The number of amides is 1. The van der Waals surface area contributed by atoms with E-state index in [1.54, 1.807) is 6.92 Å². The summed E-state index contributed by atoms with van der Waals surface area (Å²) >= 11 is 0. The molecule has 0 radical (unpaired) electrons. The SMILES string of the molecule is CCCOC(=O)[C@@H](NC(=O)[C@@H](N)CC(=O)O)[C@H](C)O. The lowest BCUT2D eigenvalue weighted by Crippen LogP contribution is -2.53. The number of carbonyl (C=O) groups is 3. The van der Waals surface area contributed by atoms with Crippen molar-refractivity contribution in [2.24, 2.45) is 5.73 Å². The summed E-state index contributed by atoms with van der Waals surface area (Å²) in [7, 11) is 0. The van der Waals surface area contributed by atoms with Crippen LogP contribution in [0.3, 0.4) is 0 Å². The molecule has 0 aromatic rings. The first-order chi connectivity index (χ1) is 8.79. The van der Waals surface area contributed by atoms with Crippen molar-refractivity contribution in [2.45, 2.75) is 44.9 Å². The minimum absolute atomic E-state index is 0.166. The summed E-state index contributed by atoms with van der Waals surface area (Å²) in [5.74, 6) is -2.85. The first-order valence-corrected chi connectivity index (χ1v) is 5.92. The number of ether oxygens (including phenoxy) is 1. The van der Waals surface area contributed by atoms with Crippen molar-refractivity contribution in [1.82, 2.24) is 5.32 Å². The van der Waals surface area contributed by atoms with E-state index >= 15 is 0 Å². The van der Waals surface area contributed by atoms with E-state index in [1.807, 2.05) is 0 Å². The predicted octanol–water partition coefficient (Wildman–Crippen LogP) is -1.39. The molecule has 0 saturated carbocycles. The number of carboxylic acids is 1. The van der Waals surface area contributed by atoms with Crippen LogP contribution in [0.2, 0.25) is 0 Å². The number of nitrogens with two attached hydrogens (primary N) is 1. The van der Waals surface area contributed by atoms with Crippen molar-refractivity contribution in [2.75, 3.05) is 6.61 Å². The average Bonchev–Trinajstić information content (AvgIpc) is 2.31. The number of carbonyl (C=O) groups excluding carboxylic acids is 2. The molecule has 0 spiro atoms. The molecule has 19 heavy (non-hydrogen) atoms. The fourth-order valence-corrected chi connectivity index (χ4v) is 1.21. The summed E-state index contributed by atoms with van der Waals surface area (Å²) in [5.41, 5.74) is 5.34. The Morgan fingerprint density at radius 3 is 2.37 bits per heavy atom. The summed E-state index contributed by atoms with van der Waals surface area (Å²) in [6.07, 6.45) is -1.14. The summed E-state index contributed by atoms with van der Waals surface area (Å²) in [6, 6.07) is -2.56. The number of nitrogens with one attached hydrogen (secondary N) is 1. The molecule has 0 aromatic carbocycles. The molecule has 0 rings (SSSR count). The van der Waals surface area contributed by atoms with Crippen LogP contribution in [-0.4, -0.2) is 52.9 Å². The highest BCUT2D eigenvalue weighted by Gasteiger charge is 2.29. The molecular weight excluding hydrogens is 256 g/mol. The highest BCUT2D eigenvalue weighted by Crippen LogP contribution is 1.99. The number of hydrogen-bond donors (Lipinski definition) is 4. The maximum absolute atomic E-state index is 11.6. The van der Waals surface area contributed by atoms with Crippen LogP contribution < -0.4 is 11.1 Å². The van der Waals surface area contributed by atoms with Gasteiger partial charge in [0.15, 0.2) is 6.04 Å². The zero-order valence-corrected chi connectivity index (χ0v) is 11.0. The molecule has 0 aliphatic carbocycles. The fraction of sp³-hybridized carbons (Fsp3) is 0.727. The number of aliphatic hydroxyl groups excluding tert-OH is 1. The van der Waals surface area contributed by atoms with Gasteiger partial charge in [0.2, 0.25) is 5.91 Å². The Bertz CT molecular complexity index is 331. The second-order valence-electron chi connectivity index (χ2n) is 4.10. The second-order valence-corrected chi connectivity index (χ2v) is 4.10. The third kappa shape index (κ3) is 6.73. The van der Waals surface area contributed by atoms with Crippen LogP contribution in [0.25, 0.3) is 0 Å². The zero-order chi connectivity index (χ0) is 15.0. The molecule has 0 unspecified atom stereocenters. The summed E-state index contributed by atoms with van der Waals surface area (Å²) < 4.78 is 4.81. The summed E-state index contributed by atoms with van der Waals surface area (Å²) in [5, 5.41) is 20.1. The van der Waals surface area contributed by atoms with Gasteiger partial charge in [-0.3, -0.25) is 9.59 Å². The molecule has 8 nitrogen and oxygen atoms in total. The molecule has 3 atom stereocenters. The third-order valence-electron chi connectivity index (χ3n) is 2.21. The first kappa shape index (κ1) is 17.3. The summed E-state index contributed by atoms with van der Waals surface area (Å²) in [4.78, 5) is 33.5. The van der Waals surface area contributed by atoms with Gasteiger partial charge in [-0.15, -0.1) is 0 Å². The molecule has 8 heteroatoms. The Balaban J connectivity index is 4.53. The number of aliphatic hydroxyl groups is 1. The van der Waals surface area contributed by atoms with Crippen molar-refractivity contribution in [1.29, 1.82) is 0 Å². The Morgan fingerprint density at radius 1 is 1.37 bits per heavy atom. The van der Waals surface area contributed by atoms with Gasteiger partial charge in [-0.05, 0) is 13.3 Å². The van der Waals surface area contributed by atoms with E-state index in [4.69, 9.17) is 15.6 Å². The summed E-state index contributed by atoms with van der Waals surface area (Å²) in [6.45, 7) is 3.27. The molecule has 0 fully saturated rings. The van der Waals surface area contributed by atoms with Crippen LogP contribution in [0.15, 0.2) is 0 Å². The van der Waals surface area contributed by atoms with Crippen LogP contribution in [0, 0.1) is 0 Å². The minimum atomic E-state index is -1.29. The largest absolute Gasteiger partial charge is 0.481 e. The third-order valence-corrected chi connectivity index (χ3v) is 2.21. The highest BCUT2D eigenvalue weighted by molar-refractivity contribution is 5.90. The fourth-order valence-electron chi connectivity index (χ4n) is 1.21. The zero-order valence-electron chi connectivity index (χ0n) is 11.0. The van der Waals surface area contributed by atoms with Crippen LogP contribution in [-0.2, 0) is 19.1 Å². The van der Waals surface area contributed by atoms with Crippen LogP contribution in [0.4, 0.5) is 0 Å².